The maximum Gasteiger partial charge on any atom is 0.323 e. The zero-order valence-corrected chi connectivity index (χ0v) is 12.0. The lowest BCUT2D eigenvalue weighted by Gasteiger charge is -2.15. The molecule has 0 radical (unpaired) electrons. The van der Waals surface area contributed by atoms with Crippen LogP contribution in [0.2, 0.25) is 0 Å². The van der Waals surface area contributed by atoms with Gasteiger partial charge in [0.2, 0.25) is 0 Å². The average Bonchev–Trinajstić information content (AvgIpc) is 2.52. The first-order valence-corrected chi connectivity index (χ1v) is 6.82. The van der Waals surface area contributed by atoms with E-state index in [9.17, 15) is 9.59 Å². The highest BCUT2D eigenvalue weighted by Gasteiger charge is 2.17. The SMILES string of the molecule is O=C(Cl)N(Cc1ccccc1)C(=O)C=Cc1ccccc1. The Morgan fingerprint density at radius 2 is 1.52 bits per heavy atom. The molecule has 0 N–H and O–H groups in total. The van der Waals surface area contributed by atoms with Gasteiger partial charge in [-0.15, -0.1) is 0 Å². The van der Waals surface area contributed by atoms with Crippen LogP contribution in [0.4, 0.5) is 4.79 Å². The Morgan fingerprint density at radius 3 is 2.10 bits per heavy atom. The fourth-order valence-corrected chi connectivity index (χ4v) is 1.96. The zero-order chi connectivity index (χ0) is 15.1. The summed E-state index contributed by atoms with van der Waals surface area (Å²) in [6.45, 7) is 0.154. The highest BCUT2D eigenvalue weighted by molar-refractivity contribution is 6.64. The number of halogens is 1. The molecule has 2 aromatic carbocycles. The number of hydrogen-bond acceptors (Lipinski definition) is 2. The van der Waals surface area contributed by atoms with Crippen LogP contribution in [0, 0.1) is 0 Å². The highest BCUT2D eigenvalue weighted by Crippen LogP contribution is 2.09. The van der Waals surface area contributed by atoms with Crippen molar-refractivity contribution >= 4 is 29.0 Å². The number of hydrogen-bond donors (Lipinski definition) is 0. The van der Waals surface area contributed by atoms with Gasteiger partial charge in [-0.2, -0.15) is 0 Å². The summed E-state index contributed by atoms with van der Waals surface area (Å²) in [6, 6.07) is 18.6. The van der Waals surface area contributed by atoms with E-state index in [1.165, 1.54) is 6.08 Å². The lowest BCUT2D eigenvalue weighted by Crippen LogP contribution is -2.31. The molecule has 0 saturated carbocycles. The molecule has 2 aromatic rings. The van der Waals surface area contributed by atoms with E-state index in [0.717, 1.165) is 16.0 Å². The quantitative estimate of drug-likeness (QED) is 0.484. The van der Waals surface area contributed by atoms with E-state index in [1.54, 1.807) is 6.08 Å². The molecule has 0 bridgehead atoms. The average molecular weight is 300 g/mol. The summed E-state index contributed by atoms with van der Waals surface area (Å²) in [5.41, 5.74) is 1.72. The molecular formula is C17H14ClNO2. The van der Waals surface area contributed by atoms with Gasteiger partial charge in [-0.1, -0.05) is 60.7 Å². The van der Waals surface area contributed by atoms with E-state index >= 15 is 0 Å². The molecule has 21 heavy (non-hydrogen) atoms. The Morgan fingerprint density at radius 1 is 0.952 bits per heavy atom. The van der Waals surface area contributed by atoms with Gasteiger partial charge in [0, 0.05) is 6.08 Å². The molecule has 0 unspecified atom stereocenters. The van der Waals surface area contributed by atoms with E-state index in [2.05, 4.69) is 0 Å². The van der Waals surface area contributed by atoms with Crippen molar-refractivity contribution in [2.75, 3.05) is 0 Å². The molecule has 3 nitrogen and oxygen atoms in total. The second-order valence-corrected chi connectivity index (χ2v) is 4.73. The normalized spacial score (nSPS) is 10.5. The second kappa shape index (κ2) is 7.41. The van der Waals surface area contributed by atoms with Gasteiger partial charge >= 0.3 is 5.37 Å². The molecular weight excluding hydrogens is 286 g/mol. The minimum absolute atomic E-state index is 0.154. The van der Waals surface area contributed by atoms with Gasteiger partial charge in [-0.25, -0.2) is 0 Å². The molecule has 2 amide bonds. The Bertz CT molecular complexity index is 638. The van der Waals surface area contributed by atoms with Crippen LogP contribution in [0.25, 0.3) is 6.08 Å². The second-order valence-electron chi connectivity index (χ2n) is 4.41. The maximum atomic E-state index is 12.1. The summed E-state index contributed by atoms with van der Waals surface area (Å²) in [5, 5.41) is -0.790. The summed E-state index contributed by atoms with van der Waals surface area (Å²) in [4.78, 5) is 24.5. The highest BCUT2D eigenvalue weighted by atomic mass is 35.5. The van der Waals surface area contributed by atoms with Crippen LogP contribution in [-0.4, -0.2) is 16.2 Å². The largest absolute Gasteiger partial charge is 0.323 e. The Kier molecular flexibility index (Phi) is 5.29. The van der Waals surface area contributed by atoms with Gasteiger partial charge < -0.3 is 0 Å². The van der Waals surface area contributed by atoms with Gasteiger partial charge in [0.1, 0.15) is 0 Å². The van der Waals surface area contributed by atoms with Gasteiger partial charge in [-0.3, -0.25) is 14.5 Å². The van der Waals surface area contributed by atoms with E-state index in [4.69, 9.17) is 11.6 Å². The lowest BCUT2D eigenvalue weighted by molar-refractivity contribution is -0.123. The van der Waals surface area contributed by atoms with E-state index in [1.807, 2.05) is 60.7 Å². The molecule has 0 aromatic heterocycles. The minimum Gasteiger partial charge on any atom is -0.269 e. The van der Waals surface area contributed by atoms with Crippen molar-refractivity contribution in [3.05, 3.63) is 77.9 Å². The molecule has 0 heterocycles. The van der Waals surface area contributed by atoms with Crippen LogP contribution in [0.1, 0.15) is 11.1 Å². The van der Waals surface area contributed by atoms with Gasteiger partial charge in [0.15, 0.2) is 0 Å². The summed E-state index contributed by atoms with van der Waals surface area (Å²) in [7, 11) is 0. The van der Waals surface area contributed by atoms with Crippen molar-refractivity contribution in [1.82, 2.24) is 4.90 Å². The molecule has 0 aliphatic heterocycles. The standard InChI is InChI=1S/C17H14ClNO2/c18-17(21)19(13-15-9-5-2-6-10-15)16(20)12-11-14-7-3-1-4-8-14/h1-12H,13H2. The topological polar surface area (TPSA) is 37.4 Å². The van der Waals surface area contributed by atoms with Crippen molar-refractivity contribution in [3.8, 4) is 0 Å². The van der Waals surface area contributed by atoms with Gasteiger partial charge in [0.05, 0.1) is 6.54 Å². The number of imide groups is 1. The van der Waals surface area contributed by atoms with Crippen LogP contribution in [0.3, 0.4) is 0 Å². The number of rotatable bonds is 4. The molecule has 0 aliphatic carbocycles. The number of benzene rings is 2. The third-order valence-corrected chi connectivity index (χ3v) is 3.08. The summed E-state index contributed by atoms with van der Waals surface area (Å²) >= 11 is 5.50. The monoisotopic (exact) mass is 299 g/mol. The Hall–Kier alpha value is -2.39. The van der Waals surface area contributed by atoms with Crippen LogP contribution in [-0.2, 0) is 11.3 Å². The third kappa shape index (κ3) is 4.58. The number of carbonyl (C=O) groups is 2. The molecule has 106 valence electrons. The van der Waals surface area contributed by atoms with E-state index < -0.39 is 11.3 Å². The van der Waals surface area contributed by atoms with Crippen molar-refractivity contribution in [1.29, 1.82) is 0 Å². The first kappa shape index (κ1) is 15.0. The Labute approximate surface area is 128 Å². The molecule has 0 atom stereocenters. The zero-order valence-electron chi connectivity index (χ0n) is 11.3. The fraction of sp³-hybridized carbons (Fsp3) is 0.0588. The van der Waals surface area contributed by atoms with Crippen molar-refractivity contribution < 1.29 is 9.59 Å². The first-order chi connectivity index (χ1) is 10.2. The predicted octanol–water partition coefficient (Wildman–Crippen LogP) is 4.09. The third-order valence-electron chi connectivity index (χ3n) is 2.88. The summed E-state index contributed by atoms with van der Waals surface area (Å²) in [5.74, 6) is -0.442. The minimum atomic E-state index is -0.790. The first-order valence-electron chi connectivity index (χ1n) is 6.45. The van der Waals surface area contributed by atoms with Crippen molar-refractivity contribution in [2.45, 2.75) is 6.54 Å². The van der Waals surface area contributed by atoms with Gasteiger partial charge in [-0.05, 0) is 28.8 Å². The number of carbonyl (C=O) groups excluding carboxylic acids is 2. The van der Waals surface area contributed by atoms with E-state index in [0.29, 0.717) is 0 Å². The van der Waals surface area contributed by atoms with Crippen LogP contribution < -0.4 is 0 Å². The van der Waals surface area contributed by atoms with Gasteiger partial charge in [0.25, 0.3) is 5.91 Å². The smallest absolute Gasteiger partial charge is 0.269 e. The predicted molar refractivity (Wildman–Crippen MR) is 83.7 cm³/mol. The number of nitrogens with zero attached hydrogens (tertiary/aromatic N) is 1. The fourth-order valence-electron chi connectivity index (χ4n) is 1.81. The van der Waals surface area contributed by atoms with Crippen LogP contribution in [0.5, 0.6) is 0 Å². The molecule has 0 fully saturated rings. The Balaban J connectivity index is 2.09. The van der Waals surface area contributed by atoms with Crippen LogP contribution in [0.15, 0.2) is 66.7 Å². The molecule has 2 rings (SSSR count). The number of amides is 2. The summed E-state index contributed by atoms with van der Waals surface area (Å²) < 4.78 is 0. The lowest BCUT2D eigenvalue weighted by atomic mass is 10.2. The van der Waals surface area contributed by atoms with Crippen LogP contribution >= 0.6 is 11.6 Å². The molecule has 4 heteroatoms. The van der Waals surface area contributed by atoms with Crippen molar-refractivity contribution in [3.63, 3.8) is 0 Å². The van der Waals surface area contributed by atoms with Crippen molar-refractivity contribution in [2.24, 2.45) is 0 Å². The molecule has 0 saturated heterocycles. The molecule has 0 spiro atoms. The maximum absolute atomic E-state index is 12.1. The summed E-state index contributed by atoms with van der Waals surface area (Å²) in [6.07, 6.45) is 3.00. The van der Waals surface area contributed by atoms with E-state index in [-0.39, 0.29) is 6.54 Å². The molecule has 0 aliphatic rings.